The summed E-state index contributed by atoms with van der Waals surface area (Å²) in [5.74, 6) is 0.114. The van der Waals surface area contributed by atoms with Crippen LogP contribution in [0.4, 0.5) is 0 Å². The number of hydrogen-bond acceptors (Lipinski definition) is 2. The number of carbonyl (C=O) groups is 1. The van der Waals surface area contributed by atoms with E-state index in [-0.39, 0.29) is 5.91 Å². The maximum atomic E-state index is 11.7. The average Bonchev–Trinajstić information content (AvgIpc) is 2.79. The molecular formula is C17H23N3O. The summed E-state index contributed by atoms with van der Waals surface area (Å²) in [5.41, 5.74) is 4.19. The van der Waals surface area contributed by atoms with E-state index in [4.69, 9.17) is 0 Å². The lowest BCUT2D eigenvalue weighted by molar-refractivity contribution is -0.121. The number of nitrogens with one attached hydrogen (secondary N) is 1. The van der Waals surface area contributed by atoms with Gasteiger partial charge in [0.2, 0.25) is 5.91 Å². The van der Waals surface area contributed by atoms with Gasteiger partial charge in [-0.1, -0.05) is 31.5 Å². The molecule has 1 N–H and O–H groups in total. The van der Waals surface area contributed by atoms with Gasteiger partial charge in [0.1, 0.15) is 0 Å². The predicted octanol–water partition coefficient (Wildman–Crippen LogP) is 3.30. The first-order chi connectivity index (χ1) is 10.1. The molecule has 0 aliphatic carbocycles. The SMILES string of the molecule is CCCCC(=O)NCc1c(C)nn(-c2ccccc2)c1C. The maximum Gasteiger partial charge on any atom is 0.220 e. The summed E-state index contributed by atoms with van der Waals surface area (Å²) in [5, 5.41) is 7.57. The average molecular weight is 285 g/mol. The molecule has 0 radical (unpaired) electrons. The van der Waals surface area contributed by atoms with E-state index in [9.17, 15) is 4.79 Å². The Bertz CT molecular complexity index is 602. The third-order valence-corrected chi connectivity index (χ3v) is 3.66. The van der Waals surface area contributed by atoms with Crippen molar-refractivity contribution < 1.29 is 4.79 Å². The summed E-state index contributed by atoms with van der Waals surface area (Å²) in [4.78, 5) is 11.7. The second-order valence-corrected chi connectivity index (χ2v) is 5.28. The van der Waals surface area contributed by atoms with Crippen molar-refractivity contribution in [2.24, 2.45) is 0 Å². The van der Waals surface area contributed by atoms with Crippen LogP contribution in [-0.2, 0) is 11.3 Å². The molecule has 4 heteroatoms. The van der Waals surface area contributed by atoms with Crippen LogP contribution in [0.2, 0.25) is 0 Å². The molecule has 0 bridgehead atoms. The highest BCUT2D eigenvalue weighted by Crippen LogP contribution is 2.17. The fourth-order valence-electron chi connectivity index (χ4n) is 2.36. The first-order valence-electron chi connectivity index (χ1n) is 7.50. The standard InChI is InChI=1S/C17H23N3O/c1-4-5-11-17(21)18-12-16-13(2)19-20(14(16)3)15-9-7-6-8-10-15/h6-10H,4-5,11-12H2,1-3H3,(H,18,21). The van der Waals surface area contributed by atoms with Crippen molar-refractivity contribution in [3.63, 3.8) is 0 Å². The van der Waals surface area contributed by atoms with E-state index in [1.165, 1.54) is 0 Å². The summed E-state index contributed by atoms with van der Waals surface area (Å²) in [6.07, 6.45) is 2.58. The number of rotatable bonds is 6. The predicted molar refractivity (Wildman–Crippen MR) is 84.4 cm³/mol. The number of para-hydroxylation sites is 1. The normalized spacial score (nSPS) is 10.6. The van der Waals surface area contributed by atoms with Gasteiger partial charge in [-0.3, -0.25) is 4.79 Å². The molecular weight excluding hydrogens is 262 g/mol. The Balaban J connectivity index is 2.11. The van der Waals surface area contributed by atoms with Crippen LogP contribution in [0, 0.1) is 13.8 Å². The van der Waals surface area contributed by atoms with Gasteiger partial charge in [-0.25, -0.2) is 4.68 Å². The zero-order chi connectivity index (χ0) is 15.2. The second-order valence-electron chi connectivity index (χ2n) is 5.28. The minimum Gasteiger partial charge on any atom is -0.352 e. The van der Waals surface area contributed by atoms with E-state index in [2.05, 4.69) is 17.3 Å². The Morgan fingerprint density at radius 1 is 1.24 bits per heavy atom. The monoisotopic (exact) mass is 285 g/mol. The molecule has 0 spiro atoms. The van der Waals surface area contributed by atoms with Crippen molar-refractivity contribution in [3.8, 4) is 5.69 Å². The molecule has 1 heterocycles. The van der Waals surface area contributed by atoms with E-state index in [0.717, 1.165) is 35.5 Å². The third kappa shape index (κ3) is 3.72. The first kappa shape index (κ1) is 15.3. The summed E-state index contributed by atoms with van der Waals surface area (Å²) >= 11 is 0. The number of benzene rings is 1. The molecule has 112 valence electrons. The molecule has 0 atom stereocenters. The van der Waals surface area contributed by atoms with Crippen LogP contribution < -0.4 is 5.32 Å². The molecule has 1 aromatic carbocycles. The van der Waals surface area contributed by atoms with E-state index in [0.29, 0.717) is 13.0 Å². The van der Waals surface area contributed by atoms with Crippen molar-refractivity contribution in [1.82, 2.24) is 15.1 Å². The molecule has 21 heavy (non-hydrogen) atoms. The number of hydrogen-bond donors (Lipinski definition) is 1. The lowest BCUT2D eigenvalue weighted by atomic mass is 10.2. The maximum absolute atomic E-state index is 11.7. The number of amides is 1. The largest absolute Gasteiger partial charge is 0.352 e. The van der Waals surface area contributed by atoms with Crippen molar-refractivity contribution in [2.75, 3.05) is 0 Å². The topological polar surface area (TPSA) is 46.9 Å². The van der Waals surface area contributed by atoms with Crippen LogP contribution in [0.1, 0.15) is 43.1 Å². The van der Waals surface area contributed by atoms with Gasteiger partial charge in [0.25, 0.3) is 0 Å². The molecule has 4 nitrogen and oxygen atoms in total. The smallest absolute Gasteiger partial charge is 0.220 e. The summed E-state index contributed by atoms with van der Waals surface area (Å²) in [6.45, 7) is 6.67. The molecule has 0 saturated carbocycles. The van der Waals surface area contributed by atoms with E-state index in [1.807, 2.05) is 48.9 Å². The van der Waals surface area contributed by atoms with E-state index < -0.39 is 0 Å². The number of aryl methyl sites for hydroxylation is 1. The number of carbonyl (C=O) groups excluding carboxylic acids is 1. The van der Waals surface area contributed by atoms with Gasteiger partial charge in [0.15, 0.2) is 0 Å². The van der Waals surface area contributed by atoms with Crippen LogP contribution in [-0.4, -0.2) is 15.7 Å². The van der Waals surface area contributed by atoms with Gasteiger partial charge in [0.05, 0.1) is 11.4 Å². The molecule has 0 saturated heterocycles. The Morgan fingerprint density at radius 3 is 2.62 bits per heavy atom. The fraction of sp³-hybridized carbons (Fsp3) is 0.412. The van der Waals surface area contributed by atoms with Crippen molar-refractivity contribution >= 4 is 5.91 Å². The molecule has 0 aliphatic rings. The Morgan fingerprint density at radius 2 is 1.95 bits per heavy atom. The van der Waals surface area contributed by atoms with Crippen LogP contribution >= 0.6 is 0 Å². The lowest BCUT2D eigenvalue weighted by Gasteiger charge is -2.07. The Kier molecular flexibility index (Phi) is 5.14. The fourth-order valence-corrected chi connectivity index (χ4v) is 2.36. The Hall–Kier alpha value is -2.10. The summed E-state index contributed by atoms with van der Waals surface area (Å²) in [6, 6.07) is 10.0. The summed E-state index contributed by atoms with van der Waals surface area (Å²) < 4.78 is 1.93. The van der Waals surface area contributed by atoms with Gasteiger partial charge in [-0.2, -0.15) is 5.10 Å². The van der Waals surface area contributed by atoms with E-state index >= 15 is 0 Å². The number of unbranched alkanes of at least 4 members (excludes halogenated alkanes) is 1. The molecule has 0 fully saturated rings. The molecule has 0 aliphatic heterocycles. The zero-order valence-corrected chi connectivity index (χ0v) is 13.0. The first-order valence-corrected chi connectivity index (χ1v) is 7.50. The Labute approximate surface area is 126 Å². The molecule has 0 unspecified atom stereocenters. The third-order valence-electron chi connectivity index (χ3n) is 3.66. The minimum atomic E-state index is 0.114. The molecule has 2 aromatic rings. The number of aromatic nitrogens is 2. The van der Waals surface area contributed by atoms with Gasteiger partial charge >= 0.3 is 0 Å². The zero-order valence-electron chi connectivity index (χ0n) is 13.0. The highest BCUT2D eigenvalue weighted by Gasteiger charge is 2.13. The highest BCUT2D eigenvalue weighted by molar-refractivity contribution is 5.75. The van der Waals surface area contributed by atoms with E-state index in [1.54, 1.807) is 0 Å². The van der Waals surface area contributed by atoms with Crippen LogP contribution in [0.25, 0.3) is 5.69 Å². The van der Waals surface area contributed by atoms with Crippen molar-refractivity contribution in [3.05, 3.63) is 47.3 Å². The van der Waals surface area contributed by atoms with Crippen molar-refractivity contribution in [1.29, 1.82) is 0 Å². The molecule has 1 amide bonds. The van der Waals surface area contributed by atoms with Crippen molar-refractivity contribution in [2.45, 2.75) is 46.6 Å². The quantitative estimate of drug-likeness (QED) is 0.885. The van der Waals surface area contributed by atoms with Gasteiger partial charge in [-0.15, -0.1) is 0 Å². The van der Waals surface area contributed by atoms with Crippen LogP contribution in [0.15, 0.2) is 30.3 Å². The molecule has 1 aromatic heterocycles. The second kappa shape index (κ2) is 7.07. The minimum absolute atomic E-state index is 0.114. The van der Waals surface area contributed by atoms with Gasteiger partial charge < -0.3 is 5.32 Å². The van der Waals surface area contributed by atoms with Crippen LogP contribution in [0.3, 0.4) is 0 Å². The number of nitrogens with zero attached hydrogens (tertiary/aromatic N) is 2. The highest BCUT2D eigenvalue weighted by atomic mass is 16.1. The lowest BCUT2D eigenvalue weighted by Crippen LogP contribution is -2.22. The van der Waals surface area contributed by atoms with Gasteiger partial charge in [-0.05, 0) is 32.4 Å². The van der Waals surface area contributed by atoms with Gasteiger partial charge in [0, 0.05) is 24.2 Å². The van der Waals surface area contributed by atoms with Crippen LogP contribution in [0.5, 0.6) is 0 Å². The summed E-state index contributed by atoms with van der Waals surface area (Å²) in [7, 11) is 0. The molecule has 2 rings (SSSR count).